The van der Waals surface area contributed by atoms with Gasteiger partial charge in [0.1, 0.15) is 10.6 Å². The summed E-state index contributed by atoms with van der Waals surface area (Å²) in [4.78, 5) is 25.7. The van der Waals surface area contributed by atoms with Crippen molar-refractivity contribution in [3.63, 3.8) is 0 Å². The van der Waals surface area contributed by atoms with Gasteiger partial charge in [0.15, 0.2) is 21.0 Å². The van der Waals surface area contributed by atoms with Gasteiger partial charge in [-0.1, -0.05) is 18.2 Å². The third-order valence-corrected chi connectivity index (χ3v) is 10.4. The number of nitrogens with zero attached hydrogens (tertiary/aromatic N) is 1. The van der Waals surface area contributed by atoms with Crippen molar-refractivity contribution in [1.82, 2.24) is 4.90 Å². The Labute approximate surface area is 232 Å². The predicted molar refractivity (Wildman–Crippen MR) is 129 cm³/mol. The third kappa shape index (κ3) is 4.31. The molecule has 6 nitrogen and oxygen atoms in total. The van der Waals surface area contributed by atoms with E-state index in [1.807, 2.05) is 0 Å². The van der Waals surface area contributed by atoms with Crippen molar-refractivity contribution < 1.29 is 52.8 Å². The molecular formula is C27H19F8NO5S. The van der Waals surface area contributed by atoms with Gasteiger partial charge in [-0.15, -0.1) is 0 Å². The monoisotopic (exact) mass is 621 g/mol. The molecule has 2 aliphatic rings. The fourth-order valence-corrected chi connectivity index (χ4v) is 8.21. The second-order valence-electron chi connectivity index (χ2n) is 10.1. The van der Waals surface area contributed by atoms with E-state index in [1.165, 1.54) is 0 Å². The molecule has 5 rings (SSSR count). The second-order valence-corrected chi connectivity index (χ2v) is 12.3. The van der Waals surface area contributed by atoms with Crippen LogP contribution in [0, 0.1) is 11.7 Å². The summed E-state index contributed by atoms with van der Waals surface area (Å²) in [5.41, 5.74) is -8.60. The summed E-state index contributed by atoms with van der Waals surface area (Å²) < 4.78 is 141. The number of fused-ring (bicyclic) bond motifs is 3. The summed E-state index contributed by atoms with van der Waals surface area (Å²) in [6, 6.07) is 6.81. The lowest BCUT2D eigenvalue weighted by Crippen LogP contribution is -2.51. The molecule has 2 atom stereocenters. The van der Waals surface area contributed by atoms with E-state index in [4.69, 9.17) is 4.42 Å². The Balaban J connectivity index is 1.71. The van der Waals surface area contributed by atoms with Crippen molar-refractivity contribution in [3.8, 4) is 0 Å². The van der Waals surface area contributed by atoms with Crippen LogP contribution in [0.4, 0.5) is 35.1 Å². The van der Waals surface area contributed by atoms with Crippen LogP contribution >= 0.6 is 0 Å². The Morgan fingerprint density at radius 2 is 1.57 bits per heavy atom. The summed E-state index contributed by atoms with van der Waals surface area (Å²) in [5.74, 6) is -3.03. The lowest BCUT2D eigenvalue weighted by molar-refractivity contribution is -0.348. The lowest BCUT2D eigenvalue weighted by atomic mass is 9.75. The number of sulfone groups is 1. The molecule has 3 aromatic rings. The molecule has 2 unspecified atom stereocenters. The van der Waals surface area contributed by atoms with Gasteiger partial charge in [-0.05, 0) is 48.2 Å². The predicted octanol–water partition coefficient (Wildman–Crippen LogP) is 5.46. The smallest absolute Gasteiger partial charge is 0.435 e. The number of carbonyl (C=O) groups is 1. The van der Waals surface area contributed by atoms with Crippen molar-refractivity contribution in [2.45, 2.75) is 40.5 Å². The molecule has 1 fully saturated rings. The molecule has 0 bridgehead atoms. The highest BCUT2D eigenvalue weighted by Crippen LogP contribution is 2.56. The quantitative estimate of drug-likeness (QED) is 0.286. The maximum atomic E-state index is 14.9. The van der Waals surface area contributed by atoms with E-state index >= 15 is 0 Å². The number of rotatable bonds is 4. The molecule has 0 N–H and O–H groups in total. The zero-order valence-electron chi connectivity index (χ0n) is 21.1. The van der Waals surface area contributed by atoms with Crippen LogP contribution in [0.5, 0.6) is 0 Å². The van der Waals surface area contributed by atoms with Gasteiger partial charge in [-0.3, -0.25) is 9.59 Å². The number of benzene rings is 2. The minimum absolute atomic E-state index is 0.128. The van der Waals surface area contributed by atoms with Crippen molar-refractivity contribution in [1.29, 1.82) is 0 Å². The number of carbonyl (C=O) groups excluding carboxylic acids is 1. The molecule has 1 amide bonds. The van der Waals surface area contributed by atoms with E-state index in [0.717, 1.165) is 47.6 Å². The third-order valence-electron chi connectivity index (χ3n) is 7.83. The molecule has 1 aliphatic carbocycles. The van der Waals surface area contributed by atoms with Gasteiger partial charge < -0.3 is 9.32 Å². The normalized spacial score (nSPS) is 21.1. The van der Waals surface area contributed by atoms with Gasteiger partial charge in [0.05, 0.1) is 11.2 Å². The van der Waals surface area contributed by atoms with Crippen LogP contribution < -0.4 is 5.43 Å². The molecule has 2 aromatic carbocycles. The second kappa shape index (κ2) is 9.64. The molecule has 1 aliphatic heterocycles. The average Bonchev–Trinajstić information content (AvgIpc) is 3.33. The summed E-state index contributed by atoms with van der Waals surface area (Å²) in [6.45, 7) is -0.877. The molecule has 1 aromatic heterocycles. The van der Waals surface area contributed by atoms with E-state index in [0.29, 0.717) is 12.1 Å². The molecule has 0 radical (unpaired) electrons. The topological polar surface area (TPSA) is 84.7 Å². The average molecular weight is 622 g/mol. The fourth-order valence-electron chi connectivity index (χ4n) is 5.85. The molecule has 42 heavy (non-hydrogen) atoms. The van der Waals surface area contributed by atoms with Gasteiger partial charge in [0, 0.05) is 36.7 Å². The van der Waals surface area contributed by atoms with Gasteiger partial charge in [0.25, 0.3) is 5.91 Å². The number of amides is 1. The number of aryl methyl sites for hydroxylation is 1. The zero-order valence-corrected chi connectivity index (χ0v) is 21.9. The molecule has 224 valence electrons. The SMILES string of the molecule is O=C(c1cc(=O)cco1)N1CC2CCc3cc(C(F)(C(F)(F)F)C(F)(F)F)ccc3C2(S(=O)(=O)c2ccc(F)cc2)C1. The first-order valence-corrected chi connectivity index (χ1v) is 13.8. The van der Waals surface area contributed by atoms with E-state index in [2.05, 4.69) is 0 Å². The highest BCUT2D eigenvalue weighted by atomic mass is 32.2. The first-order chi connectivity index (χ1) is 19.4. The highest BCUT2D eigenvalue weighted by Gasteiger charge is 2.73. The van der Waals surface area contributed by atoms with Crippen LogP contribution in [0.25, 0.3) is 0 Å². The Hall–Kier alpha value is -3.75. The Morgan fingerprint density at radius 3 is 2.17 bits per heavy atom. The Morgan fingerprint density at radius 1 is 0.929 bits per heavy atom. The van der Waals surface area contributed by atoms with Crippen molar-refractivity contribution >= 4 is 15.7 Å². The summed E-state index contributed by atoms with van der Waals surface area (Å²) >= 11 is 0. The standard InChI is InChI=1S/C27H19F8NO5S/c28-18-4-6-20(7-5-18)42(39,40)24-14-36(23(38)22-12-19(37)9-10-41-22)13-17(24)2-1-15-11-16(3-8-21(15)24)25(29,26(30,31)32)27(33,34)35/h3-12,17H,1-2,13-14H2. The van der Waals surface area contributed by atoms with Crippen LogP contribution in [0.2, 0.25) is 0 Å². The molecular weight excluding hydrogens is 602 g/mol. The van der Waals surface area contributed by atoms with Gasteiger partial charge in [-0.25, -0.2) is 17.2 Å². The van der Waals surface area contributed by atoms with E-state index in [-0.39, 0.29) is 36.6 Å². The molecule has 2 heterocycles. The van der Waals surface area contributed by atoms with E-state index < -0.39 is 78.4 Å². The maximum absolute atomic E-state index is 14.9. The first-order valence-electron chi connectivity index (χ1n) is 12.3. The molecule has 0 saturated carbocycles. The van der Waals surface area contributed by atoms with Crippen LogP contribution in [-0.2, 0) is 26.7 Å². The molecule has 0 spiro atoms. The van der Waals surface area contributed by atoms with Gasteiger partial charge in [-0.2, -0.15) is 26.3 Å². The summed E-state index contributed by atoms with van der Waals surface area (Å²) in [5, 5.41) is 0. The maximum Gasteiger partial charge on any atom is 0.435 e. The Bertz CT molecular complexity index is 1700. The minimum atomic E-state index is -6.38. The van der Waals surface area contributed by atoms with Crippen LogP contribution in [0.15, 0.2) is 75.0 Å². The van der Waals surface area contributed by atoms with E-state index in [1.54, 1.807) is 0 Å². The fraction of sp³-hybridized carbons (Fsp3) is 0.333. The summed E-state index contributed by atoms with van der Waals surface area (Å²) in [6.07, 6.45) is -12.2. The highest BCUT2D eigenvalue weighted by molar-refractivity contribution is 7.92. The number of alkyl halides is 7. The van der Waals surface area contributed by atoms with Gasteiger partial charge in [0.2, 0.25) is 0 Å². The zero-order chi connectivity index (χ0) is 30.9. The van der Waals surface area contributed by atoms with Crippen LogP contribution in [0.3, 0.4) is 0 Å². The van der Waals surface area contributed by atoms with E-state index in [9.17, 15) is 53.1 Å². The number of halogens is 8. The number of hydrogen-bond acceptors (Lipinski definition) is 5. The largest absolute Gasteiger partial charge is 0.459 e. The summed E-state index contributed by atoms with van der Waals surface area (Å²) in [7, 11) is -4.64. The lowest BCUT2D eigenvalue weighted by Gasteiger charge is -2.40. The van der Waals surface area contributed by atoms with Crippen molar-refractivity contribution in [3.05, 3.63) is 99.4 Å². The van der Waals surface area contributed by atoms with Crippen LogP contribution in [0.1, 0.15) is 33.7 Å². The van der Waals surface area contributed by atoms with Crippen molar-refractivity contribution in [2.75, 3.05) is 13.1 Å². The first kappa shape index (κ1) is 29.7. The number of hydrogen-bond donors (Lipinski definition) is 0. The molecule has 15 heteroatoms. The van der Waals surface area contributed by atoms with Crippen LogP contribution in [-0.4, -0.2) is 44.7 Å². The molecule has 1 saturated heterocycles. The minimum Gasteiger partial charge on any atom is -0.459 e. The van der Waals surface area contributed by atoms with Crippen molar-refractivity contribution in [2.24, 2.45) is 5.92 Å². The number of likely N-dealkylation sites (tertiary alicyclic amines) is 1. The van der Waals surface area contributed by atoms with Gasteiger partial charge >= 0.3 is 18.0 Å². The Kier molecular flexibility index (Phi) is 6.83.